The van der Waals surface area contributed by atoms with Gasteiger partial charge in [-0.25, -0.2) is 0 Å². The van der Waals surface area contributed by atoms with Crippen molar-refractivity contribution >= 4 is 0 Å². The third-order valence-corrected chi connectivity index (χ3v) is 4.86. The van der Waals surface area contributed by atoms with E-state index in [2.05, 4.69) is 24.2 Å². The fourth-order valence-electron chi connectivity index (χ4n) is 3.48. The zero-order chi connectivity index (χ0) is 15.2. The second-order valence-electron chi connectivity index (χ2n) is 7.16. The van der Waals surface area contributed by atoms with Gasteiger partial charge in [-0.05, 0) is 51.9 Å². The van der Waals surface area contributed by atoms with Crippen molar-refractivity contribution in [1.82, 2.24) is 10.2 Å². The fourth-order valence-corrected chi connectivity index (χ4v) is 3.48. The molecule has 2 heteroatoms. The van der Waals surface area contributed by atoms with Crippen LogP contribution in [0.1, 0.15) is 84.0 Å². The van der Waals surface area contributed by atoms with Gasteiger partial charge in [0.25, 0.3) is 0 Å². The highest BCUT2D eigenvalue weighted by atomic mass is 15.1. The summed E-state index contributed by atoms with van der Waals surface area (Å²) in [5.41, 5.74) is 0. The molecule has 0 saturated carbocycles. The van der Waals surface area contributed by atoms with E-state index in [4.69, 9.17) is 0 Å². The van der Waals surface area contributed by atoms with Crippen LogP contribution < -0.4 is 5.32 Å². The Morgan fingerprint density at radius 2 is 1.52 bits per heavy atom. The molecule has 1 unspecified atom stereocenters. The van der Waals surface area contributed by atoms with Gasteiger partial charge in [-0.2, -0.15) is 0 Å². The van der Waals surface area contributed by atoms with Crippen molar-refractivity contribution in [2.75, 3.05) is 33.2 Å². The average Bonchev–Trinajstić information content (AvgIpc) is 2.48. The van der Waals surface area contributed by atoms with Gasteiger partial charge in [0, 0.05) is 6.54 Å². The van der Waals surface area contributed by atoms with Gasteiger partial charge in [0.05, 0.1) is 0 Å². The lowest BCUT2D eigenvalue weighted by atomic mass is 9.98. The molecule has 0 aromatic heterocycles. The Morgan fingerprint density at radius 3 is 2.14 bits per heavy atom. The van der Waals surface area contributed by atoms with Gasteiger partial charge in [0.15, 0.2) is 0 Å². The molecule has 1 atom stereocenters. The molecule has 0 aromatic rings. The summed E-state index contributed by atoms with van der Waals surface area (Å²) in [7, 11) is 2.26. The lowest BCUT2D eigenvalue weighted by Gasteiger charge is -2.29. The molecule has 1 aliphatic rings. The third kappa shape index (κ3) is 11.2. The Balaban J connectivity index is 1.74. The topological polar surface area (TPSA) is 15.3 Å². The summed E-state index contributed by atoms with van der Waals surface area (Å²) in [5.74, 6) is 0.895. The summed E-state index contributed by atoms with van der Waals surface area (Å²) >= 11 is 0. The van der Waals surface area contributed by atoms with Crippen LogP contribution in [0.2, 0.25) is 0 Å². The lowest BCUT2D eigenvalue weighted by Crippen LogP contribution is -2.37. The SMILES string of the molecule is CCCCCCCCCCCCNCC1CCCN(C)C1. The molecule has 2 nitrogen and oxygen atoms in total. The molecule has 1 aliphatic heterocycles. The summed E-state index contributed by atoms with van der Waals surface area (Å²) < 4.78 is 0. The van der Waals surface area contributed by atoms with E-state index >= 15 is 0 Å². The largest absolute Gasteiger partial charge is 0.316 e. The van der Waals surface area contributed by atoms with Crippen molar-refractivity contribution < 1.29 is 0 Å². The summed E-state index contributed by atoms with van der Waals surface area (Å²) in [4.78, 5) is 2.48. The zero-order valence-corrected chi connectivity index (χ0v) is 14.8. The predicted molar refractivity (Wildman–Crippen MR) is 94.9 cm³/mol. The van der Waals surface area contributed by atoms with E-state index in [1.54, 1.807) is 0 Å². The monoisotopic (exact) mass is 296 g/mol. The molecule has 21 heavy (non-hydrogen) atoms. The summed E-state index contributed by atoms with van der Waals surface area (Å²) in [6, 6.07) is 0. The lowest BCUT2D eigenvalue weighted by molar-refractivity contribution is 0.206. The molecule has 126 valence electrons. The first-order valence-electron chi connectivity index (χ1n) is 9.72. The number of piperidine rings is 1. The molecule has 1 heterocycles. The maximum absolute atomic E-state index is 3.67. The van der Waals surface area contributed by atoms with Crippen LogP contribution in [0.25, 0.3) is 0 Å². The molecular weight excluding hydrogens is 256 g/mol. The molecule has 1 N–H and O–H groups in total. The minimum Gasteiger partial charge on any atom is -0.316 e. The normalized spacial score (nSPS) is 20.0. The van der Waals surface area contributed by atoms with Gasteiger partial charge in [-0.1, -0.05) is 64.7 Å². The standard InChI is InChI=1S/C19H40N2/c1-3-4-5-6-7-8-9-10-11-12-15-20-17-19-14-13-16-21(2)18-19/h19-20H,3-18H2,1-2H3. The van der Waals surface area contributed by atoms with E-state index in [1.165, 1.54) is 103 Å². The molecule has 0 aliphatic carbocycles. The fraction of sp³-hybridized carbons (Fsp3) is 1.00. The smallest absolute Gasteiger partial charge is 0.00187 e. The van der Waals surface area contributed by atoms with Crippen molar-refractivity contribution in [3.8, 4) is 0 Å². The van der Waals surface area contributed by atoms with E-state index in [9.17, 15) is 0 Å². The van der Waals surface area contributed by atoms with Gasteiger partial charge < -0.3 is 10.2 Å². The summed E-state index contributed by atoms with van der Waals surface area (Å²) in [6.07, 6.45) is 17.2. The number of unbranched alkanes of at least 4 members (excludes halogenated alkanes) is 9. The van der Waals surface area contributed by atoms with Crippen LogP contribution in [-0.2, 0) is 0 Å². The van der Waals surface area contributed by atoms with Crippen LogP contribution in [-0.4, -0.2) is 38.1 Å². The van der Waals surface area contributed by atoms with E-state index in [0.717, 1.165) is 5.92 Å². The van der Waals surface area contributed by atoms with Crippen LogP contribution >= 0.6 is 0 Å². The number of likely N-dealkylation sites (tertiary alicyclic amines) is 1. The maximum atomic E-state index is 3.67. The summed E-state index contributed by atoms with van der Waals surface area (Å²) in [6.45, 7) is 7.36. The number of hydrogen-bond donors (Lipinski definition) is 1. The second kappa shape index (κ2) is 13.6. The van der Waals surface area contributed by atoms with Crippen molar-refractivity contribution in [1.29, 1.82) is 0 Å². The highest BCUT2D eigenvalue weighted by Gasteiger charge is 2.15. The van der Waals surface area contributed by atoms with Gasteiger partial charge in [0.1, 0.15) is 0 Å². The van der Waals surface area contributed by atoms with Crippen LogP contribution in [0, 0.1) is 5.92 Å². The number of nitrogens with zero attached hydrogens (tertiary/aromatic N) is 1. The molecule has 0 bridgehead atoms. The maximum Gasteiger partial charge on any atom is 0.00187 e. The van der Waals surface area contributed by atoms with Crippen LogP contribution in [0.5, 0.6) is 0 Å². The number of rotatable bonds is 13. The molecule has 1 saturated heterocycles. The average molecular weight is 297 g/mol. The minimum absolute atomic E-state index is 0.895. The zero-order valence-electron chi connectivity index (χ0n) is 14.8. The second-order valence-corrected chi connectivity index (χ2v) is 7.16. The van der Waals surface area contributed by atoms with Crippen LogP contribution in [0.15, 0.2) is 0 Å². The van der Waals surface area contributed by atoms with Crippen molar-refractivity contribution in [3.05, 3.63) is 0 Å². The molecule has 1 rings (SSSR count). The highest BCUT2D eigenvalue weighted by molar-refractivity contribution is 4.72. The molecule has 1 fully saturated rings. The van der Waals surface area contributed by atoms with Gasteiger partial charge in [0.2, 0.25) is 0 Å². The molecule has 0 radical (unpaired) electrons. The molecule has 0 aromatic carbocycles. The predicted octanol–water partition coefficient (Wildman–Crippen LogP) is 4.84. The first kappa shape index (κ1) is 19.0. The third-order valence-electron chi connectivity index (χ3n) is 4.86. The Bertz CT molecular complexity index is 218. The Labute approximate surface area is 134 Å². The summed E-state index contributed by atoms with van der Waals surface area (Å²) in [5, 5.41) is 3.67. The quantitative estimate of drug-likeness (QED) is 0.489. The Morgan fingerprint density at radius 1 is 0.905 bits per heavy atom. The molecule has 0 spiro atoms. The van der Waals surface area contributed by atoms with Crippen molar-refractivity contribution in [2.24, 2.45) is 5.92 Å². The number of hydrogen-bond acceptors (Lipinski definition) is 2. The molecular formula is C19H40N2. The van der Waals surface area contributed by atoms with E-state index in [1.807, 2.05) is 0 Å². The first-order valence-corrected chi connectivity index (χ1v) is 9.72. The van der Waals surface area contributed by atoms with E-state index < -0.39 is 0 Å². The highest BCUT2D eigenvalue weighted by Crippen LogP contribution is 2.14. The number of nitrogens with one attached hydrogen (secondary N) is 1. The molecule has 0 amide bonds. The Hall–Kier alpha value is -0.0800. The first-order chi connectivity index (χ1) is 10.3. The van der Waals surface area contributed by atoms with Gasteiger partial charge in [-0.15, -0.1) is 0 Å². The van der Waals surface area contributed by atoms with Crippen molar-refractivity contribution in [3.63, 3.8) is 0 Å². The van der Waals surface area contributed by atoms with E-state index in [0.29, 0.717) is 0 Å². The van der Waals surface area contributed by atoms with Gasteiger partial charge >= 0.3 is 0 Å². The Kier molecular flexibility index (Phi) is 12.3. The minimum atomic E-state index is 0.895. The van der Waals surface area contributed by atoms with E-state index in [-0.39, 0.29) is 0 Å². The van der Waals surface area contributed by atoms with Crippen molar-refractivity contribution in [2.45, 2.75) is 84.0 Å². The van der Waals surface area contributed by atoms with Crippen LogP contribution in [0.3, 0.4) is 0 Å². The van der Waals surface area contributed by atoms with Gasteiger partial charge in [-0.3, -0.25) is 0 Å². The van der Waals surface area contributed by atoms with Crippen LogP contribution in [0.4, 0.5) is 0 Å².